The lowest BCUT2D eigenvalue weighted by Gasteiger charge is -2.17. The van der Waals surface area contributed by atoms with Crippen LogP contribution in [0.5, 0.6) is 11.5 Å². The third kappa shape index (κ3) is 5.34. The molecule has 4 aromatic rings. The van der Waals surface area contributed by atoms with E-state index in [9.17, 15) is 4.79 Å². The molecule has 0 saturated carbocycles. The highest BCUT2D eigenvalue weighted by Crippen LogP contribution is 2.44. The number of carbonyl (C=O) groups is 1. The molecule has 8 nitrogen and oxygen atoms in total. The third-order valence-electron chi connectivity index (χ3n) is 5.51. The number of nitrogens with zero attached hydrogens (tertiary/aromatic N) is 2. The molecule has 0 radical (unpaired) electrons. The lowest BCUT2D eigenvalue weighted by Crippen LogP contribution is -2.20. The molecule has 35 heavy (non-hydrogen) atoms. The van der Waals surface area contributed by atoms with Gasteiger partial charge in [0, 0.05) is 24.5 Å². The Morgan fingerprint density at radius 2 is 1.89 bits per heavy atom. The quantitative estimate of drug-likeness (QED) is 0.281. The van der Waals surface area contributed by atoms with Crippen LogP contribution >= 0.6 is 11.6 Å². The Balaban J connectivity index is 1.89. The van der Waals surface area contributed by atoms with Gasteiger partial charge in [0.1, 0.15) is 35.3 Å². The predicted octanol–water partition coefficient (Wildman–Crippen LogP) is 4.48. The number of para-hydroxylation sites is 1. The van der Waals surface area contributed by atoms with Gasteiger partial charge in [-0.25, -0.2) is 4.98 Å². The molecule has 0 fully saturated rings. The van der Waals surface area contributed by atoms with Gasteiger partial charge in [-0.2, -0.15) is 0 Å². The molecule has 2 heterocycles. The molecule has 1 amide bonds. The van der Waals surface area contributed by atoms with Gasteiger partial charge in [-0.15, -0.1) is 0 Å². The molecule has 0 aliphatic carbocycles. The molecule has 9 heteroatoms. The number of hydrogen-bond donors (Lipinski definition) is 3. The number of pyridine rings is 1. The highest BCUT2D eigenvalue weighted by molar-refractivity contribution is 6.34. The van der Waals surface area contributed by atoms with E-state index in [2.05, 4.69) is 10.6 Å². The number of rotatable bonds is 10. The van der Waals surface area contributed by atoms with E-state index in [1.807, 2.05) is 67.9 Å². The van der Waals surface area contributed by atoms with Crippen molar-refractivity contribution in [1.82, 2.24) is 14.7 Å². The summed E-state index contributed by atoms with van der Waals surface area (Å²) in [6, 6.07) is 15.3. The molecule has 0 aliphatic heterocycles. The zero-order valence-electron chi connectivity index (χ0n) is 19.9. The molecule has 4 N–H and O–H groups in total. The number of hydrogen-bond acceptors (Lipinski definition) is 6. The molecule has 0 unspecified atom stereocenters. The summed E-state index contributed by atoms with van der Waals surface area (Å²) in [5.41, 5.74) is 10.3. The highest BCUT2D eigenvalue weighted by atomic mass is 35.5. The standard InChI is InChI=1S/C26H28ClN5O3/c1-16-7-6-8-17(2)24(16)31-26-25(30-22-9-4-5-11-32(22)26)23-19(27)13-18(34-12-10-29-3)14-20(23)35-15-21(28)33/h4-9,11,13-14,29,31H,10,12,15H2,1-3H3,(H2,28,33). The first-order chi connectivity index (χ1) is 16.9. The van der Waals surface area contributed by atoms with Gasteiger partial charge in [0.15, 0.2) is 6.61 Å². The molecular weight excluding hydrogens is 466 g/mol. The van der Waals surface area contributed by atoms with E-state index in [0.29, 0.717) is 46.7 Å². The summed E-state index contributed by atoms with van der Waals surface area (Å²) in [4.78, 5) is 16.4. The molecule has 0 saturated heterocycles. The maximum atomic E-state index is 11.5. The number of ether oxygens (including phenoxy) is 2. The van der Waals surface area contributed by atoms with Gasteiger partial charge >= 0.3 is 0 Å². The zero-order chi connectivity index (χ0) is 24.9. The zero-order valence-corrected chi connectivity index (χ0v) is 20.6. The lowest BCUT2D eigenvalue weighted by atomic mass is 10.1. The number of fused-ring (bicyclic) bond motifs is 1. The maximum absolute atomic E-state index is 11.5. The molecule has 0 aliphatic rings. The number of likely N-dealkylation sites (N-methyl/N-ethyl adjacent to an activating group) is 1. The van der Waals surface area contributed by atoms with Crippen LogP contribution < -0.4 is 25.8 Å². The van der Waals surface area contributed by atoms with E-state index >= 15 is 0 Å². The number of nitrogens with two attached hydrogens (primary N) is 1. The first-order valence-electron chi connectivity index (χ1n) is 11.2. The van der Waals surface area contributed by atoms with Crippen LogP contribution in [0, 0.1) is 13.8 Å². The van der Waals surface area contributed by atoms with Gasteiger partial charge < -0.3 is 25.8 Å². The average molecular weight is 494 g/mol. The maximum Gasteiger partial charge on any atom is 0.255 e. The fourth-order valence-corrected chi connectivity index (χ4v) is 4.11. The number of aryl methyl sites for hydroxylation is 2. The van der Waals surface area contributed by atoms with Crippen LogP contribution in [0.3, 0.4) is 0 Å². The van der Waals surface area contributed by atoms with Gasteiger partial charge in [-0.05, 0) is 50.2 Å². The van der Waals surface area contributed by atoms with Gasteiger partial charge in [0.2, 0.25) is 0 Å². The second-order valence-corrected chi connectivity index (χ2v) is 8.52. The average Bonchev–Trinajstić information content (AvgIpc) is 3.18. The molecule has 2 aromatic heterocycles. The summed E-state index contributed by atoms with van der Waals surface area (Å²) in [5, 5.41) is 6.96. The Morgan fingerprint density at radius 1 is 1.11 bits per heavy atom. The molecule has 4 rings (SSSR count). The van der Waals surface area contributed by atoms with Gasteiger partial charge in [-0.3, -0.25) is 9.20 Å². The first-order valence-corrected chi connectivity index (χ1v) is 11.6. The monoisotopic (exact) mass is 493 g/mol. The molecular formula is C26H28ClN5O3. The van der Waals surface area contributed by atoms with Crippen LogP contribution in [-0.4, -0.2) is 42.1 Å². The van der Waals surface area contributed by atoms with E-state index < -0.39 is 5.91 Å². The van der Waals surface area contributed by atoms with Crippen molar-refractivity contribution in [2.24, 2.45) is 5.73 Å². The Kier molecular flexibility index (Phi) is 7.43. The third-order valence-corrected chi connectivity index (χ3v) is 5.81. The van der Waals surface area contributed by atoms with E-state index in [1.54, 1.807) is 12.1 Å². The minimum absolute atomic E-state index is 0.309. The SMILES string of the molecule is CNCCOc1cc(Cl)c(-c2nc3ccccn3c2Nc2c(C)cccc2C)c(OCC(N)=O)c1. The van der Waals surface area contributed by atoms with Crippen LogP contribution in [-0.2, 0) is 4.79 Å². The van der Waals surface area contributed by atoms with Crippen molar-refractivity contribution >= 4 is 34.7 Å². The number of aromatic nitrogens is 2. The Labute approximate surface area is 209 Å². The number of halogens is 1. The predicted molar refractivity (Wildman–Crippen MR) is 139 cm³/mol. The number of amides is 1. The van der Waals surface area contributed by atoms with Crippen molar-refractivity contribution < 1.29 is 14.3 Å². The summed E-state index contributed by atoms with van der Waals surface area (Å²) >= 11 is 6.79. The molecule has 0 bridgehead atoms. The van der Waals surface area contributed by atoms with Gasteiger partial charge in [0.25, 0.3) is 5.91 Å². The number of benzene rings is 2. The fraction of sp³-hybridized carbons (Fsp3) is 0.231. The molecule has 0 atom stereocenters. The number of primary amides is 1. The van der Waals surface area contributed by atoms with E-state index in [0.717, 1.165) is 22.5 Å². The summed E-state index contributed by atoms with van der Waals surface area (Å²) in [7, 11) is 1.84. The van der Waals surface area contributed by atoms with Crippen molar-refractivity contribution in [3.63, 3.8) is 0 Å². The second-order valence-electron chi connectivity index (χ2n) is 8.11. The van der Waals surface area contributed by atoms with Crippen LogP contribution in [0.4, 0.5) is 11.5 Å². The summed E-state index contributed by atoms with van der Waals surface area (Å²) in [6.45, 7) is 4.88. The van der Waals surface area contributed by atoms with Crippen molar-refractivity contribution in [3.05, 3.63) is 70.9 Å². The van der Waals surface area contributed by atoms with Crippen LogP contribution in [0.2, 0.25) is 5.02 Å². The Morgan fingerprint density at radius 3 is 2.60 bits per heavy atom. The minimum Gasteiger partial charge on any atom is -0.492 e. The smallest absolute Gasteiger partial charge is 0.255 e. The highest BCUT2D eigenvalue weighted by Gasteiger charge is 2.23. The summed E-state index contributed by atoms with van der Waals surface area (Å²) in [6.07, 6.45) is 1.93. The van der Waals surface area contributed by atoms with Gasteiger partial charge in [0.05, 0.1) is 10.6 Å². The largest absolute Gasteiger partial charge is 0.492 e. The van der Waals surface area contributed by atoms with Crippen molar-refractivity contribution in [2.45, 2.75) is 13.8 Å². The normalized spacial score (nSPS) is 11.0. The number of imidazole rings is 1. The second kappa shape index (κ2) is 10.7. The molecule has 182 valence electrons. The van der Waals surface area contributed by atoms with E-state index in [-0.39, 0.29) is 6.61 Å². The van der Waals surface area contributed by atoms with Crippen molar-refractivity contribution in [1.29, 1.82) is 0 Å². The van der Waals surface area contributed by atoms with Crippen molar-refractivity contribution in [3.8, 4) is 22.8 Å². The van der Waals surface area contributed by atoms with Crippen molar-refractivity contribution in [2.75, 3.05) is 32.1 Å². The fourth-order valence-electron chi connectivity index (χ4n) is 3.82. The van der Waals surface area contributed by atoms with Crippen LogP contribution in [0.15, 0.2) is 54.7 Å². The van der Waals surface area contributed by atoms with Crippen LogP contribution in [0.1, 0.15) is 11.1 Å². The lowest BCUT2D eigenvalue weighted by molar-refractivity contribution is -0.119. The van der Waals surface area contributed by atoms with Gasteiger partial charge in [-0.1, -0.05) is 35.9 Å². The Hall–Kier alpha value is -3.75. The Bertz CT molecular complexity index is 1350. The topological polar surface area (TPSA) is 103 Å². The summed E-state index contributed by atoms with van der Waals surface area (Å²) in [5.74, 6) is 0.982. The van der Waals surface area contributed by atoms with Crippen LogP contribution in [0.25, 0.3) is 16.9 Å². The van der Waals surface area contributed by atoms with E-state index in [4.69, 9.17) is 31.8 Å². The summed E-state index contributed by atoms with van der Waals surface area (Å²) < 4.78 is 13.5. The number of anilines is 2. The first kappa shape index (κ1) is 24.4. The minimum atomic E-state index is -0.600. The molecule has 0 spiro atoms. The van der Waals surface area contributed by atoms with E-state index in [1.165, 1.54) is 0 Å². The number of carbonyl (C=O) groups excluding carboxylic acids is 1. The molecule has 2 aromatic carbocycles. The number of nitrogens with one attached hydrogen (secondary N) is 2.